The van der Waals surface area contributed by atoms with Gasteiger partial charge in [0.05, 0.1) is 23.8 Å². The molecule has 0 unspecified atom stereocenters. The maximum atomic E-state index is 12.0. The first kappa shape index (κ1) is 14.6. The molecule has 2 N–H and O–H groups in total. The van der Waals surface area contributed by atoms with Gasteiger partial charge in [-0.1, -0.05) is 11.3 Å². The smallest absolute Gasteiger partial charge is 0.321 e. The number of anilines is 1. The van der Waals surface area contributed by atoms with Gasteiger partial charge in [0.1, 0.15) is 12.7 Å². The molecule has 0 aromatic carbocycles. The van der Waals surface area contributed by atoms with Crippen molar-refractivity contribution in [3.63, 3.8) is 0 Å². The Kier molecular flexibility index (Phi) is 3.96. The van der Waals surface area contributed by atoms with E-state index in [2.05, 4.69) is 25.7 Å². The minimum Gasteiger partial charge on any atom is -0.375 e. The van der Waals surface area contributed by atoms with Gasteiger partial charge in [-0.25, -0.2) is 14.8 Å². The molecular weight excluding hydrogens is 316 g/mol. The van der Waals surface area contributed by atoms with Crippen LogP contribution in [0.15, 0.2) is 12.7 Å². The molecule has 2 aromatic heterocycles. The summed E-state index contributed by atoms with van der Waals surface area (Å²) in [6, 6.07) is 0.0441. The number of rotatable bonds is 4. The lowest BCUT2D eigenvalue weighted by molar-refractivity contribution is 0.112. The van der Waals surface area contributed by atoms with Crippen molar-refractivity contribution in [3.8, 4) is 0 Å². The van der Waals surface area contributed by atoms with Crippen LogP contribution in [0.2, 0.25) is 0 Å². The molecule has 2 aromatic rings. The molecule has 9 heteroatoms. The van der Waals surface area contributed by atoms with Crippen molar-refractivity contribution < 1.29 is 9.53 Å². The topological polar surface area (TPSA) is 94.0 Å². The summed E-state index contributed by atoms with van der Waals surface area (Å²) in [6.07, 6.45) is 6.02. The fraction of sp³-hybridized carbons (Fsp3) is 0.571. The van der Waals surface area contributed by atoms with E-state index < -0.39 is 0 Å². The number of ether oxygens (including phenoxy) is 1. The van der Waals surface area contributed by atoms with Crippen LogP contribution in [0.25, 0.3) is 0 Å². The molecule has 2 aliphatic rings. The van der Waals surface area contributed by atoms with E-state index in [1.54, 1.807) is 12.7 Å². The third kappa shape index (κ3) is 3.35. The Bertz CT molecular complexity index is 656. The first-order valence-corrected chi connectivity index (χ1v) is 8.54. The van der Waals surface area contributed by atoms with Crippen molar-refractivity contribution in [1.29, 1.82) is 0 Å². The summed E-state index contributed by atoms with van der Waals surface area (Å²) in [5.74, 6) is 0.548. The summed E-state index contributed by atoms with van der Waals surface area (Å²) < 4.78 is 7.23. The van der Waals surface area contributed by atoms with Crippen molar-refractivity contribution in [2.45, 2.75) is 38.5 Å². The number of hydrogen-bond donors (Lipinski definition) is 2. The third-order valence-corrected chi connectivity index (χ3v) is 5.18. The molecule has 0 saturated heterocycles. The van der Waals surface area contributed by atoms with E-state index in [0.29, 0.717) is 24.3 Å². The van der Waals surface area contributed by atoms with Crippen molar-refractivity contribution in [3.05, 3.63) is 23.2 Å². The molecule has 0 spiro atoms. The second-order valence-corrected chi connectivity index (χ2v) is 7.03. The Hall–Kier alpha value is -2.00. The standard InChI is InChI=1S/C14H18N6O2S/c21-13(19-14-18-11-1-2-22-6-12(11)23-14)17-10-3-9(4-10)5-20-8-15-7-16-20/h7-10H,1-6H2,(H2,17,18,19,21). The second-order valence-electron chi connectivity index (χ2n) is 5.94. The fourth-order valence-corrected chi connectivity index (χ4v) is 3.93. The van der Waals surface area contributed by atoms with E-state index in [0.717, 1.165) is 36.4 Å². The van der Waals surface area contributed by atoms with Crippen LogP contribution in [0.4, 0.5) is 9.93 Å². The van der Waals surface area contributed by atoms with Gasteiger partial charge in [0, 0.05) is 19.0 Å². The Morgan fingerprint density at radius 3 is 3.17 bits per heavy atom. The Morgan fingerprint density at radius 1 is 1.48 bits per heavy atom. The highest BCUT2D eigenvalue weighted by Gasteiger charge is 2.31. The van der Waals surface area contributed by atoms with Gasteiger partial charge in [-0.3, -0.25) is 10.00 Å². The monoisotopic (exact) mass is 334 g/mol. The van der Waals surface area contributed by atoms with Gasteiger partial charge in [-0.15, -0.1) is 0 Å². The molecule has 0 atom stereocenters. The largest absolute Gasteiger partial charge is 0.375 e. The van der Waals surface area contributed by atoms with Crippen LogP contribution in [0, 0.1) is 5.92 Å². The molecule has 4 rings (SSSR count). The quantitative estimate of drug-likeness (QED) is 0.881. The van der Waals surface area contributed by atoms with Crippen LogP contribution < -0.4 is 10.6 Å². The molecule has 1 aliphatic carbocycles. The SMILES string of the molecule is O=C(Nc1nc2c(s1)COCC2)NC1CC(Cn2cncn2)C1. The van der Waals surface area contributed by atoms with Crippen molar-refractivity contribution in [2.24, 2.45) is 5.92 Å². The van der Waals surface area contributed by atoms with Crippen molar-refractivity contribution in [1.82, 2.24) is 25.1 Å². The number of aromatic nitrogens is 4. The summed E-state index contributed by atoms with van der Waals surface area (Å²) in [7, 11) is 0. The van der Waals surface area contributed by atoms with E-state index in [1.165, 1.54) is 11.3 Å². The number of thiazole rings is 1. The number of fused-ring (bicyclic) bond motifs is 1. The maximum Gasteiger partial charge on any atom is 0.321 e. The van der Waals surface area contributed by atoms with Gasteiger partial charge in [-0.05, 0) is 18.8 Å². The molecular formula is C14H18N6O2S. The second kappa shape index (κ2) is 6.25. The molecule has 0 bridgehead atoms. The molecule has 3 heterocycles. The first-order valence-electron chi connectivity index (χ1n) is 7.72. The zero-order chi connectivity index (χ0) is 15.6. The fourth-order valence-electron chi connectivity index (χ4n) is 2.99. The predicted octanol–water partition coefficient (Wildman–Crippen LogP) is 1.41. The maximum absolute atomic E-state index is 12.0. The van der Waals surface area contributed by atoms with Crippen LogP contribution in [0.1, 0.15) is 23.4 Å². The number of amides is 2. The molecule has 2 amide bonds. The van der Waals surface area contributed by atoms with E-state index in [9.17, 15) is 4.79 Å². The van der Waals surface area contributed by atoms with Gasteiger partial charge in [0.15, 0.2) is 5.13 Å². The summed E-state index contributed by atoms with van der Waals surface area (Å²) >= 11 is 1.49. The average molecular weight is 334 g/mol. The summed E-state index contributed by atoms with van der Waals surface area (Å²) in [6.45, 7) is 2.17. The highest BCUT2D eigenvalue weighted by Crippen LogP contribution is 2.29. The van der Waals surface area contributed by atoms with Crippen LogP contribution >= 0.6 is 11.3 Å². The highest BCUT2D eigenvalue weighted by molar-refractivity contribution is 7.15. The lowest BCUT2D eigenvalue weighted by Gasteiger charge is -2.35. The molecule has 23 heavy (non-hydrogen) atoms. The Balaban J connectivity index is 1.23. The minimum absolute atomic E-state index is 0.179. The van der Waals surface area contributed by atoms with E-state index in [1.807, 2.05) is 4.68 Å². The van der Waals surface area contributed by atoms with Crippen LogP contribution in [0.3, 0.4) is 0 Å². The summed E-state index contributed by atoms with van der Waals surface area (Å²) in [4.78, 5) is 21.5. The van der Waals surface area contributed by atoms with Crippen LogP contribution in [0.5, 0.6) is 0 Å². The summed E-state index contributed by atoms with van der Waals surface area (Å²) in [5, 5.41) is 10.6. The number of hydrogen-bond acceptors (Lipinski definition) is 6. The third-order valence-electron chi connectivity index (χ3n) is 4.20. The van der Waals surface area contributed by atoms with E-state index in [4.69, 9.17) is 4.74 Å². The lowest BCUT2D eigenvalue weighted by atomic mass is 9.80. The van der Waals surface area contributed by atoms with Gasteiger partial charge < -0.3 is 10.1 Å². The molecule has 0 radical (unpaired) electrons. The average Bonchev–Trinajstić information content (AvgIpc) is 3.13. The van der Waals surface area contributed by atoms with E-state index in [-0.39, 0.29) is 12.1 Å². The summed E-state index contributed by atoms with van der Waals surface area (Å²) in [5.41, 5.74) is 1.05. The molecule has 8 nitrogen and oxygen atoms in total. The molecule has 122 valence electrons. The van der Waals surface area contributed by atoms with Gasteiger partial charge in [0.25, 0.3) is 0 Å². The number of carbonyl (C=O) groups is 1. The predicted molar refractivity (Wildman–Crippen MR) is 84.2 cm³/mol. The van der Waals surface area contributed by atoms with Crippen LogP contribution in [-0.4, -0.2) is 38.4 Å². The zero-order valence-corrected chi connectivity index (χ0v) is 13.4. The first-order chi connectivity index (χ1) is 11.3. The minimum atomic E-state index is -0.179. The zero-order valence-electron chi connectivity index (χ0n) is 12.6. The Morgan fingerprint density at radius 2 is 2.39 bits per heavy atom. The van der Waals surface area contributed by atoms with Gasteiger partial charge >= 0.3 is 6.03 Å². The van der Waals surface area contributed by atoms with Crippen molar-refractivity contribution in [2.75, 3.05) is 11.9 Å². The highest BCUT2D eigenvalue weighted by atomic mass is 32.1. The number of urea groups is 1. The molecule has 1 fully saturated rings. The van der Waals surface area contributed by atoms with Crippen LogP contribution in [-0.2, 0) is 24.3 Å². The number of nitrogens with one attached hydrogen (secondary N) is 2. The van der Waals surface area contributed by atoms with Crippen molar-refractivity contribution >= 4 is 22.5 Å². The number of carbonyl (C=O) groups excluding carboxylic acids is 1. The Labute approximate surface area is 137 Å². The van der Waals surface area contributed by atoms with E-state index >= 15 is 0 Å². The molecule has 1 aliphatic heterocycles. The lowest BCUT2D eigenvalue weighted by Crippen LogP contribution is -2.47. The number of nitrogens with zero attached hydrogens (tertiary/aromatic N) is 4. The molecule has 1 saturated carbocycles. The van der Waals surface area contributed by atoms with Gasteiger partial charge in [0.2, 0.25) is 0 Å². The normalized spacial score (nSPS) is 23.0. The van der Waals surface area contributed by atoms with Gasteiger partial charge in [-0.2, -0.15) is 5.10 Å².